The SMILES string of the molecule is CCC(CCCCCCC(CCO[SiH2]C)O[SiH2]C)O[SiH2]C. The average molecular weight is 351 g/mol. The molecule has 0 N–H and O–H groups in total. The predicted octanol–water partition coefficient (Wildman–Crippen LogP) is 2.31. The molecule has 2 atom stereocenters. The van der Waals surface area contributed by atoms with E-state index in [-0.39, 0.29) is 29.3 Å². The summed E-state index contributed by atoms with van der Waals surface area (Å²) in [6.07, 6.45) is 11.1. The zero-order valence-corrected chi connectivity index (χ0v) is 19.1. The van der Waals surface area contributed by atoms with Gasteiger partial charge in [0.1, 0.15) is 0 Å². The smallest absolute Gasteiger partial charge is 0.158 e. The normalized spacial score (nSPS) is 16.0. The summed E-state index contributed by atoms with van der Waals surface area (Å²) in [5.41, 5.74) is 0. The third kappa shape index (κ3) is 13.9. The minimum absolute atomic E-state index is 0.237. The van der Waals surface area contributed by atoms with Crippen LogP contribution in [0.15, 0.2) is 0 Å². The van der Waals surface area contributed by atoms with Crippen LogP contribution in [-0.2, 0) is 13.3 Å². The maximum atomic E-state index is 5.94. The van der Waals surface area contributed by atoms with Crippen molar-refractivity contribution in [1.82, 2.24) is 0 Å². The molecule has 0 rings (SSSR count). The second-order valence-corrected chi connectivity index (χ2v) is 8.35. The van der Waals surface area contributed by atoms with E-state index in [1.807, 2.05) is 0 Å². The van der Waals surface area contributed by atoms with Crippen molar-refractivity contribution < 1.29 is 13.3 Å². The van der Waals surface area contributed by atoms with Crippen molar-refractivity contribution in [2.75, 3.05) is 6.61 Å². The third-order valence-corrected chi connectivity index (χ3v) is 6.16. The molecule has 0 heterocycles. The maximum Gasteiger partial charge on any atom is 0.158 e. The van der Waals surface area contributed by atoms with Gasteiger partial charge in [-0.25, -0.2) is 0 Å². The van der Waals surface area contributed by atoms with E-state index < -0.39 is 0 Å². The number of unbranched alkanes of at least 4 members (excludes halogenated alkanes) is 3. The molecule has 21 heavy (non-hydrogen) atoms. The Kier molecular flexibility index (Phi) is 17.3. The second-order valence-electron chi connectivity index (χ2n) is 5.54. The first-order valence-electron chi connectivity index (χ1n) is 9.09. The van der Waals surface area contributed by atoms with E-state index in [1.54, 1.807) is 0 Å². The molecule has 0 aliphatic rings. The molecule has 0 saturated carbocycles. The standard InChI is InChI=1S/C15H38O3Si3/c1-5-14(17-20-3)10-8-6-7-9-11-15(18-21-4)12-13-16-19-2/h14-15H,5-13,19-21H2,1-4H3. The fraction of sp³-hybridized carbons (Fsp3) is 1.00. The molecule has 0 amide bonds. The predicted molar refractivity (Wildman–Crippen MR) is 102 cm³/mol. The fourth-order valence-corrected chi connectivity index (χ4v) is 4.78. The molecule has 0 aromatic heterocycles. The summed E-state index contributed by atoms with van der Waals surface area (Å²) in [5.74, 6) is 0. The minimum atomic E-state index is -0.288. The van der Waals surface area contributed by atoms with Crippen LogP contribution in [0.25, 0.3) is 0 Å². The highest BCUT2D eigenvalue weighted by atomic mass is 28.2. The highest BCUT2D eigenvalue weighted by molar-refractivity contribution is 6.25. The Morgan fingerprint density at radius 1 is 0.714 bits per heavy atom. The third-order valence-electron chi connectivity index (χ3n) is 3.85. The molecule has 3 nitrogen and oxygen atoms in total. The first-order chi connectivity index (χ1) is 10.3. The monoisotopic (exact) mass is 350 g/mol. The van der Waals surface area contributed by atoms with Gasteiger partial charge in [0.2, 0.25) is 0 Å². The Hall–Kier alpha value is 0.531. The Balaban J connectivity index is 3.55. The lowest BCUT2D eigenvalue weighted by Crippen LogP contribution is -2.17. The molecule has 0 aliphatic heterocycles. The second kappa shape index (κ2) is 16.9. The molecule has 0 aromatic rings. The van der Waals surface area contributed by atoms with E-state index in [2.05, 4.69) is 26.6 Å². The molecule has 0 spiro atoms. The van der Waals surface area contributed by atoms with E-state index in [1.165, 1.54) is 44.9 Å². The van der Waals surface area contributed by atoms with Crippen LogP contribution in [0.4, 0.5) is 0 Å². The van der Waals surface area contributed by atoms with E-state index in [4.69, 9.17) is 13.3 Å². The summed E-state index contributed by atoms with van der Waals surface area (Å²) in [7, 11) is -0.767. The van der Waals surface area contributed by atoms with Gasteiger partial charge in [0.15, 0.2) is 29.3 Å². The van der Waals surface area contributed by atoms with Crippen LogP contribution in [0.1, 0.15) is 58.3 Å². The van der Waals surface area contributed by atoms with Gasteiger partial charge < -0.3 is 13.3 Å². The van der Waals surface area contributed by atoms with Crippen LogP contribution in [-0.4, -0.2) is 48.1 Å². The van der Waals surface area contributed by atoms with Gasteiger partial charge in [-0.2, -0.15) is 0 Å². The van der Waals surface area contributed by atoms with Crippen molar-refractivity contribution in [2.45, 2.75) is 90.1 Å². The van der Waals surface area contributed by atoms with Crippen LogP contribution in [0.3, 0.4) is 0 Å². The van der Waals surface area contributed by atoms with Crippen molar-refractivity contribution in [3.63, 3.8) is 0 Å². The van der Waals surface area contributed by atoms with Gasteiger partial charge in [0, 0.05) is 18.8 Å². The molecule has 128 valence electrons. The molecule has 0 radical (unpaired) electrons. The molecule has 0 aromatic carbocycles. The van der Waals surface area contributed by atoms with Gasteiger partial charge >= 0.3 is 0 Å². The summed E-state index contributed by atoms with van der Waals surface area (Å²) in [6, 6.07) is 0. The minimum Gasteiger partial charge on any atom is -0.424 e. The van der Waals surface area contributed by atoms with Gasteiger partial charge in [0.05, 0.1) is 0 Å². The number of rotatable bonds is 16. The number of hydrogen-bond acceptors (Lipinski definition) is 3. The average Bonchev–Trinajstić information content (AvgIpc) is 2.49. The Bertz CT molecular complexity index is 209. The van der Waals surface area contributed by atoms with Crippen molar-refractivity contribution in [3.8, 4) is 0 Å². The summed E-state index contributed by atoms with van der Waals surface area (Å²) in [6.45, 7) is 9.80. The molecule has 0 saturated heterocycles. The van der Waals surface area contributed by atoms with Crippen LogP contribution in [0.5, 0.6) is 0 Å². The van der Waals surface area contributed by atoms with Crippen molar-refractivity contribution in [1.29, 1.82) is 0 Å². The van der Waals surface area contributed by atoms with Crippen LogP contribution >= 0.6 is 0 Å². The van der Waals surface area contributed by atoms with Crippen molar-refractivity contribution in [3.05, 3.63) is 0 Å². The zero-order valence-electron chi connectivity index (χ0n) is 14.9. The summed E-state index contributed by atoms with van der Waals surface area (Å²) >= 11 is 0. The van der Waals surface area contributed by atoms with E-state index in [0.717, 1.165) is 13.0 Å². The van der Waals surface area contributed by atoms with Crippen LogP contribution < -0.4 is 0 Å². The fourth-order valence-electron chi connectivity index (χ4n) is 2.64. The molecule has 6 heteroatoms. The summed E-state index contributed by atoms with van der Waals surface area (Å²) in [4.78, 5) is 0. The van der Waals surface area contributed by atoms with Gasteiger partial charge in [-0.15, -0.1) is 0 Å². The lowest BCUT2D eigenvalue weighted by atomic mass is 10.0. The van der Waals surface area contributed by atoms with Gasteiger partial charge in [-0.1, -0.05) is 52.2 Å². The van der Waals surface area contributed by atoms with Gasteiger partial charge in [0.25, 0.3) is 0 Å². The summed E-state index contributed by atoms with van der Waals surface area (Å²) in [5, 5.41) is 0. The maximum absolute atomic E-state index is 5.94. The topological polar surface area (TPSA) is 27.7 Å². The highest BCUT2D eigenvalue weighted by Crippen LogP contribution is 2.14. The van der Waals surface area contributed by atoms with Crippen molar-refractivity contribution >= 4 is 29.3 Å². The molecule has 2 unspecified atom stereocenters. The molecular weight excluding hydrogens is 312 g/mol. The van der Waals surface area contributed by atoms with Crippen molar-refractivity contribution in [2.24, 2.45) is 0 Å². The zero-order chi connectivity index (χ0) is 15.8. The molecular formula is C15H38O3Si3. The quantitative estimate of drug-likeness (QED) is 0.316. The molecule has 0 fully saturated rings. The first kappa shape index (κ1) is 21.5. The largest absolute Gasteiger partial charge is 0.424 e. The van der Waals surface area contributed by atoms with E-state index in [9.17, 15) is 0 Å². The molecule has 0 aliphatic carbocycles. The van der Waals surface area contributed by atoms with E-state index >= 15 is 0 Å². The lowest BCUT2D eigenvalue weighted by Gasteiger charge is -2.18. The highest BCUT2D eigenvalue weighted by Gasteiger charge is 2.08. The van der Waals surface area contributed by atoms with Crippen LogP contribution in [0.2, 0.25) is 19.6 Å². The summed E-state index contributed by atoms with van der Waals surface area (Å²) < 4.78 is 17.4. The Labute approximate surface area is 139 Å². The lowest BCUT2D eigenvalue weighted by molar-refractivity contribution is 0.158. The first-order valence-corrected chi connectivity index (χ1v) is 15.1. The van der Waals surface area contributed by atoms with E-state index in [0.29, 0.717) is 12.2 Å². The molecule has 0 bridgehead atoms. The Morgan fingerprint density at radius 3 is 1.81 bits per heavy atom. The van der Waals surface area contributed by atoms with Gasteiger partial charge in [-0.05, 0) is 25.7 Å². The van der Waals surface area contributed by atoms with Crippen LogP contribution in [0, 0.1) is 0 Å². The Morgan fingerprint density at radius 2 is 1.29 bits per heavy atom. The van der Waals surface area contributed by atoms with Gasteiger partial charge in [-0.3, -0.25) is 0 Å². The number of hydrogen-bond donors (Lipinski definition) is 0.